The second-order valence-electron chi connectivity index (χ2n) is 10.0. The van der Waals surface area contributed by atoms with E-state index in [0.717, 1.165) is 55.5 Å². The number of aromatic nitrogens is 5. The number of amides is 1. The van der Waals surface area contributed by atoms with E-state index in [-0.39, 0.29) is 17.2 Å². The molecule has 0 bridgehead atoms. The van der Waals surface area contributed by atoms with Gasteiger partial charge in [-0.15, -0.1) is 0 Å². The number of nitrogens with zero attached hydrogens (tertiary/aromatic N) is 5. The maximum atomic E-state index is 13.1. The van der Waals surface area contributed by atoms with Crippen molar-refractivity contribution in [1.29, 1.82) is 0 Å². The van der Waals surface area contributed by atoms with Gasteiger partial charge < -0.3 is 5.32 Å². The first-order valence-corrected chi connectivity index (χ1v) is 11.7. The monoisotopic (exact) mass is 452 g/mol. The normalized spacial score (nSPS) is 22.0. The fourth-order valence-corrected chi connectivity index (χ4v) is 5.37. The third-order valence-corrected chi connectivity index (χ3v) is 7.07. The lowest BCUT2D eigenvalue weighted by Gasteiger charge is -2.27. The van der Waals surface area contributed by atoms with Crippen LogP contribution in [0.3, 0.4) is 0 Å². The van der Waals surface area contributed by atoms with Gasteiger partial charge in [0, 0.05) is 54.6 Å². The third-order valence-electron chi connectivity index (χ3n) is 6.77. The van der Waals surface area contributed by atoms with E-state index in [2.05, 4.69) is 45.1 Å². The van der Waals surface area contributed by atoms with Gasteiger partial charge in [-0.25, -0.2) is 4.98 Å². The Balaban J connectivity index is 1.33. The molecule has 8 heteroatoms. The van der Waals surface area contributed by atoms with Crippen molar-refractivity contribution in [2.75, 3.05) is 5.32 Å². The van der Waals surface area contributed by atoms with E-state index in [9.17, 15) is 4.79 Å². The fraction of sp³-hybridized carbons (Fsp3) is 0.500. The Hall–Kier alpha value is -2.67. The van der Waals surface area contributed by atoms with Gasteiger partial charge in [-0.05, 0) is 43.2 Å². The second kappa shape index (κ2) is 8.03. The first-order valence-electron chi connectivity index (χ1n) is 11.3. The number of pyridine rings is 1. The molecule has 1 fully saturated rings. The molecule has 1 N–H and O–H groups in total. The molecule has 2 atom stereocenters. The molecule has 0 spiro atoms. The molecular weight excluding hydrogens is 424 g/mol. The number of anilines is 1. The predicted molar refractivity (Wildman–Crippen MR) is 124 cm³/mol. The standard InChI is InChI=1S/C24H29ClN6O/c1-24(2)11-21-18(12-27-31(21)14-24)17-10-22(26-13-19(17)25)28-23(32)16-6-4-5-15(9-16)20-7-8-30(3)29-20/h7-8,10,12-13,15-16H,4-6,9,11,14H2,1-3H3,(H,26,28,32)/t15-,16?/m1/s1. The number of rotatable bonds is 4. The minimum atomic E-state index is -0.0436. The lowest BCUT2D eigenvalue weighted by molar-refractivity contribution is -0.121. The van der Waals surface area contributed by atoms with E-state index in [1.807, 2.05) is 30.2 Å². The van der Waals surface area contributed by atoms with Crippen molar-refractivity contribution >= 4 is 23.3 Å². The summed E-state index contributed by atoms with van der Waals surface area (Å²) in [5, 5.41) is 12.7. The van der Waals surface area contributed by atoms with Gasteiger partial charge in [-0.1, -0.05) is 31.9 Å². The fourth-order valence-electron chi connectivity index (χ4n) is 5.16. The lowest BCUT2D eigenvalue weighted by atomic mass is 9.79. The summed E-state index contributed by atoms with van der Waals surface area (Å²) in [5.41, 5.74) is 4.33. The summed E-state index contributed by atoms with van der Waals surface area (Å²) in [7, 11) is 1.93. The van der Waals surface area contributed by atoms with E-state index >= 15 is 0 Å². The molecule has 0 aromatic carbocycles. The first kappa shape index (κ1) is 21.2. The van der Waals surface area contributed by atoms with Gasteiger partial charge in [0.05, 0.1) is 16.9 Å². The highest BCUT2D eigenvalue weighted by Gasteiger charge is 2.33. The van der Waals surface area contributed by atoms with Gasteiger partial charge >= 0.3 is 0 Å². The maximum absolute atomic E-state index is 13.1. The van der Waals surface area contributed by atoms with E-state index in [4.69, 9.17) is 11.6 Å². The minimum Gasteiger partial charge on any atom is -0.310 e. The van der Waals surface area contributed by atoms with Crippen LogP contribution < -0.4 is 5.32 Å². The Morgan fingerprint density at radius 3 is 2.88 bits per heavy atom. The molecule has 7 nitrogen and oxygen atoms in total. The molecule has 2 aliphatic rings. The molecule has 1 unspecified atom stereocenters. The molecule has 0 radical (unpaired) electrons. The lowest BCUT2D eigenvalue weighted by Crippen LogP contribution is -2.28. The molecular formula is C24H29ClN6O. The number of hydrogen-bond donors (Lipinski definition) is 1. The average Bonchev–Trinajstić information content (AvgIpc) is 3.43. The molecule has 1 aliphatic carbocycles. The smallest absolute Gasteiger partial charge is 0.228 e. The van der Waals surface area contributed by atoms with Crippen LogP contribution in [0, 0.1) is 11.3 Å². The van der Waals surface area contributed by atoms with E-state index in [1.54, 1.807) is 6.20 Å². The number of fused-ring (bicyclic) bond motifs is 1. The van der Waals surface area contributed by atoms with Crippen LogP contribution in [0.2, 0.25) is 5.02 Å². The summed E-state index contributed by atoms with van der Waals surface area (Å²) in [5.74, 6) is 0.838. The van der Waals surface area contributed by atoms with Crippen LogP contribution in [0.25, 0.3) is 11.1 Å². The molecule has 1 aliphatic heterocycles. The largest absolute Gasteiger partial charge is 0.310 e. The number of carbonyl (C=O) groups is 1. The predicted octanol–water partition coefficient (Wildman–Crippen LogP) is 4.83. The van der Waals surface area contributed by atoms with E-state index < -0.39 is 0 Å². The molecule has 1 amide bonds. The van der Waals surface area contributed by atoms with Crippen LogP contribution in [0.15, 0.2) is 30.7 Å². The Morgan fingerprint density at radius 1 is 1.25 bits per heavy atom. The van der Waals surface area contributed by atoms with Crippen LogP contribution in [0.1, 0.15) is 56.8 Å². The summed E-state index contributed by atoms with van der Waals surface area (Å²) in [4.78, 5) is 17.5. The van der Waals surface area contributed by atoms with Crippen molar-refractivity contribution in [2.45, 2.75) is 58.4 Å². The summed E-state index contributed by atoms with van der Waals surface area (Å²) >= 11 is 6.51. The van der Waals surface area contributed by atoms with Gasteiger partial charge in [0.2, 0.25) is 5.91 Å². The van der Waals surface area contributed by atoms with Crippen molar-refractivity contribution in [2.24, 2.45) is 18.4 Å². The van der Waals surface area contributed by atoms with Crippen LogP contribution in [-0.4, -0.2) is 30.5 Å². The molecule has 32 heavy (non-hydrogen) atoms. The Bertz CT molecular complexity index is 1160. The van der Waals surface area contributed by atoms with Crippen molar-refractivity contribution in [3.63, 3.8) is 0 Å². The minimum absolute atomic E-state index is 0.0211. The molecule has 3 aromatic heterocycles. The summed E-state index contributed by atoms with van der Waals surface area (Å²) in [6, 6.07) is 3.94. The maximum Gasteiger partial charge on any atom is 0.228 e. The van der Waals surface area contributed by atoms with Gasteiger partial charge in [0.15, 0.2) is 0 Å². The number of aryl methyl sites for hydroxylation is 1. The highest BCUT2D eigenvalue weighted by molar-refractivity contribution is 6.33. The van der Waals surface area contributed by atoms with Crippen LogP contribution in [0.4, 0.5) is 5.82 Å². The number of carbonyl (C=O) groups excluding carboxylic acids is 1. The molecule has 3 aromatic rings. The topological polar surface area (TPSA) is 77.6 Å². The van der Waals surface area contributed by atoms with Gasteiger partial charge in [0.1, 0.15) is 5.82 Å². The zero-order chi connectivity index (χ0) is 22.5. The number of hydrogen-bond acceptors (Lipinski definition) is 4. The van der Waals surface area contributed by atoms with Gasteiger partial charge in [-0.2, -0.15) is 10.2 Å². The van der Waals surface area contributed by atoms with Crippen molar-refractivity contribution in [3.05, 3.63) is 47.1 Å². The Kier molecular flexibility index (Phi) is 5.32. The van der Waals surface area contributed by atoms with Crippen molar-refractivity contribution < 1.29 is 4.79 Å². The highest BCUT2D eigenvalue weighted by Crippen LogP contribution is 2.40. The number of nitrogens with one attached hydrogen (secondary N) is 1. The van der Waals surface area contributed by atoms with Gasteiger partial charge in [0.25, 0.3) is 0 Å². The molecule has 168 valence electrons. The second-order valence-corrected chi connectivity index (χ2v) is 10.4. The zero-order valence-corrected chi connectivity index (χ0v) is 19.6. The molecule has 0 saturated heterocycles. The van der Waals surface area contributed by atoms with E-state index in [1.165, 1.54) is 5.69 Å². The third kappa shape index (κ3) is 4.06. The average molecular weight is 453 g/mol. The summed E-state index contributed by atoms with van der Waals surface area (Å²) < 4.78 is 3.89. The quantitative estimate of drug-likeness (QED) is 0.615. The van der Waals surface area contributed by atoms with E-state index in [0.29, 0.717) is 16.8 Å². The Morgan fingerprint density at radius 2 is 2.09 bits per heavy atom. The van der Waals surface area contributed by atoms with Crippen molar-refractivity contribution in [1.82, 2.24) is 24.5 Å². The van der Waals surface area contributed by atoms with Crippen LogP contribution >= 0.6 is 11.6 Å². The first-order chi connectivity index (χ1) is 15.3. The molecule has 5 rings (SSSR count). The molecule has 1 saturated carbocycles. The number of halogens is 1. The summed E-state index contributed by atoms with van der Waals surface area (Å²) in [6.45, 7) is 5.38. The van der Waals surface area contributed by atoms with Crippen molar-refractivity contribution in [3.8, 4) is 11.1 Å². The van der Waals surface area contributed by atoms with Crippen LogP contribution in [0.5, 0.6) is 0 Å². The molecule has 4 heterocycles. The van der Waals surface area contributed by atoms with Crippen LogP contribution in [-0.2, 0) is 24.8 Å². The summed E-state index contributed by atoms with van der Waals surface area (Å²) in [6.07, 6.45) is 10.2. The highest BCUT2D eigenvalue weighted by atomic mass is 35.5. The zero-order valence-electron chi connectivity index (χ0n) is 18.8. The Labute approximate surface area is 193 Å². The SMILES string of the molecule is Cn1ccc([C@@H]2CCCC(C(=O)Nc3cc(-c4cnn5c4CC(C)(C)C5)c(Cl)cn3)C2)n1. The van der Waals surface area contributed by atoms with Gasteiger partial charge in [-0.3, -0.25) is 14.2 Å².